The maximum Gasteiger partial charge on any atom is 0.293 e. The van der Waals surface area contributed by atoms with Crippen LogP contribution in [0.25, 0.3) is 6.08 Å². The van der Waals surface area contributed by atoms with E-state index in [2.05, 4.69) is 28.7 Å². The van der Waals surface area contributed by atoms with Crippen molar-refractivity contribution in [2.75, 3.05) is 7.11 Å². The third kappa shape index (κ3) is 5.92. The topological polar surface area (TPSA) is 123 Å². The monoisotopic (exact) mass is 627 g/mol. The molecule has 9 nitrogen and oxygen atoms in total. The van der Waals surface area contributed by atoms with Crippen LogP contribution < -0.4 is 9.47 Å². The fourth-order valence-electron chi connectivity index (χ4n) is 3.60. The number of ether oxygens (including phenoxy) is 2. The van der Waals surface area contributed by atoms with E-state index in [9.17, 15) is 25.0 Å². The minimum Gasteiger partial charge on any atom is -0.493 e. The Balaban J connectivity index is 1.54. The second-order valence-electron chi connectivity index (χ2n) is 7.79. The second-order valence-corrected chi connectivity index (χ2v) is 9.94. The van der Waals surface area contributed by atoms with Crippen molar-refractivity contribution < 1.29 is 24.0 Å². The van der Waals surface area contributed by atoms with Gasteiger partial charge in [-0.3, -0.25) is 24.6 Å². The van der Waals surface area contributed by atoms with Crippen LogP contribution in [-0.4, -0.2) is 28.1 Å². The summed E-state index contributed by atoms with van der Waals surface area (Å²) in [6, 6.07) is 18.5. The minimum atomic E-state index is -0.466. The predicted molar refractivity (Wildman–Crippen MR) is 146 cm³/mol. The summed E-state index contributed by atoms with van der Waals surface area (Å²) in [5, 5.41) is 19.9. The molecule has 1 saturated heterocycles. The largest absolute Gasteiger partial charge is 0.493 e. The molecule has 1 heterocycles. The van der Waals surface area contributed by atoms with Crippen LogP contribution >= 0.6 is 34.4 Å². The van der Waals surface area contributed by atoms with Gasteiger partial charge in [0.15, 0.2) is 11.5 Å². The fourth-order valence-corrected chi connectivity index (χ4v) is 5.22. The highest BCUT2D eigenvalue weighted by Gasteiger charge is 2.35. The number of methoxy groups -OCH3 is 1. The molecule has 0 aliphatic carbocycles. The van der Waals surface area contributed by atoms with Gasteiger partial charge in [-0.2, -0.15) is 5.26 Å². The Morgan fingerprint density at radius 3 is 2.68 bits per heavy atom. The molecule has 2 amide bonds. The average molecular weight is 627 g/mol. The van der Waals surface area contributed by atoms with Crippen molar-refractivity contribution in [1.29, 1.82) is 5.26 Å². The number of hydrogen-bond acceptors (Lipinski definition) is 8. The highest BCUT2D eigenvalue weighted by Crippen LogP contribution is 2.38. The lowest BCUT2D eigenvalue weighted by Gasteiger charge is -2.14. The molecule has 3 aromatic carbocycles. The van der Waals surface area contributed by atoms with Gasteiger partial charge in [0.25, 0.3) is 16.8 Å². The molecular formula is C26H18IN3O6S. The Morgan fingerprint density at radius 1 is 1.16 bits per heavy atom. The molecule has 11 heteroatoms. The van der Waals surface area contributed by atoms with Crippen molar-refractivity contribution in [3.05, 3.63) is 102 Å². The SMILES string of the molecule is COc1cc(/C=C2/SC(=O)N(Cc3ccccc3C#N)C2=O)cc(I)c1OCc1cccc([N+](=O)[O-])c1. The number of imide groups is 1. The van der Waals surface area contributed by atoms with Crippen LogP contribution in [0.2, 0.25) is 0 Å². The third-order valence-electron chi connectivity index (χ3n) is 5.39. The van der Waals surface area contributed by atoms with E-state index in [1.54, 1.807) is 54.6 Å². The van der Waals surface area contributed by atoms with E-state index in [0.29, 0.717) is 37.3 Å². The highest BCUT2D eigenvalue weighted by atomic mass is 127. The summed E-state index contributed by atoms with van der Waals surface area (Å²) >= 11 is 2.91. The van der Waals surface area contributed by atoms with Gasteiger partial charge in [-0.15, -0.1) is 0 Å². The van der Waals surface area contributed by atoms with Gasteiger partial charge < -0.3 is 9.47 Å². The van der Waals surface area contributed by atoms with E-state index >= 15 is 0 Å². The lowest BCUT2D eigenvalue weighted by molar-refractivity contribution is -0.384. The zero-order valence-electron chi connectivity index (χ0n) is 19.3. The quantitative estimate of drug-likeness (QED) is 0.131. The van der Waals surface area contributed by atoms with Crippen molar-refractivity contribution in [1.82, 2.24) is 4.90 Å². The number of nitrogens with zero attached hydrogens (tertiary/aromatic N) is 3. The van der Waals surface area contributed by atoms with Gasteiger partial charge in [0.2, 0.25) is 0 Å². The first kappa shape index (κ1) is 26.2. The number of hydrogen-bond donors (Lipinski definition) is 0. The summed E-state index contributed by atoms with van der Waals surface area (Å²) in [5.74, 6) is 0.418. The van der Waals surface area contributed by atoms with Gasteiger partial charge in [0, 0.05) is 12.1 Å². The van der Waals surface area contributed by atoms with Crippen molar-refractivity contribution >= 4 is 57.3 Å². The molecule has 4 rings (SSSR count). The van der Waals surface area contributed by atoms with E-state index in [1.807, 2.05) is 0 Å². The van der Waals surface area contributed by atoms with E-state index in [-0.39, 0.29) is 23.7 Å². The maximum atomic E-state index is 13.0. The maximum absolute atomic E-state index is 13.0. The molecule has 0 bridgehead atoms. The van der Waals surface area contributed by atoms with Gasteiger partial charge in [-0.25, -0.2) is 0 Å². The molecule has 0 spiro atoms. The molecule has 0 aromatic heterocycles. The van der Waals surface area contributed by atoms with Gasteiger partial charge in [0.05, 0.1) is 38.7 Å². The van der Waals surface area contributed by atoms with Gasteiger partial charge in [-0.05, 0) is 75.3 Å². The molecule has 0 N–H and O–H groups in total. The van der Waals surface area contributed by atoms with Crippen LogP contribution in [0.3, 0.4) is 0 Å². The lowest BCUT2D eigenvalue weighted by Crippen LogP contribution is -2.27. The number of nitro benzene ring substituents is 1. The van der Waals surface area contributed by atoms with E-state index in [0.717, 1.165) is 16.7 Å². The smallest absolute Gasteiger partial charge is 0.293 e. The molecule has 1 fully saturated rings. The van der Waals surface area contributed by atoms with E-state index in [1.165, 1.54) is 19.2 Å². The van der Waals surface area contributed by atoms with Gasteiger partial charge in [0.1, 0.15) is 6.61 Å². The Bertz CT molecular complexity index is 1480. The zero-order valence-corrected chi connectivity index (χ0v) is 22.3. The Hall–Kier alpha value is -3.89. The van der Waals surface area contributed by atoms with Crippen LogP contribution in [-0.2, 0) is 17.9 Å². The number of nitriles is 1. The average Bonchev–Trinajstić information content (AvgIpc) is 3.15. The van der Waals surface area contributed by atoms with E-state index in [4.69, 9.17) is 9.47 Å². The summed E-state index contributed by atoms with van der Waals surface area (Å²) in [7, 11) is 1.48. The number of benzene rings is 3. The molecule has 186 valence electrons. The molecule has 3 aromatic rings. The summed E-state index contributed by atoms with van der Waals surface area (Å²) in [4.78, 5) is 37.5. The number of rotatable bonds is 8. The number of non-ortho nitro benzene ring substituents is 1. The fraction of sp³-hybridized carbons (Fsp3) is 0.115. The van der Waals surface area contributed by atoms with Crippen molar-refractivity contribution in [3.63, 3.8) is 0 Å². The van der Waals surface area contributed by atoms with Crippen LogP contribution in [0.15, 0.2) is 65.6 Å². The van der Waals surface area contributed by atoms with Crippen LogP contribution in [0.1, 0.15) is 22.3 Å². The molecule has 0 radical (unpaired) electrons. The Morgan fingerprint density at radius 2 is 1.95 bits per heavy atom. The van der Waals surface area contributed by atoms with Gasteiger partial charge >= 0.3 is 0 Å². The first-order chi connectivity index (χ1) is 17.8. The summed E-state index contributed by atoms with van der Waals surface area (Å²) in [6.07, 6.45) is 1.61. The molecule has 1 aliphatic rings. The molecular weight excluding hydrogens is 609 g/mol. The number of nitro groups is 1. The first-order valence-corrected chi connectivity index (χ1v) is 12.7. The minimum absolute atomic E-state index is 0.0109. The number of thioether (sulfide) groups is 1. The Kier molecular flexibility index (Phi) is 8.10. The number of carbonyl (C=O) groups is 2. The summed E-state index contributed by atoms with van der Waals surface area (Å²) in [6.45, 7) is 0.105. The zero-order chi connectivity index (χ0) is 26.5. The van der Waals surface area contributed by atoms with Crippen molar-refractivity contribution in [2.45, 2.75) is 13.2 Å². The number of carbonyl (C=O) groups excluding carboxylic acids is 2. The molecule has 37 heavy (non-hydrogen) atoms. The van der Waals surface area contributed by atoms with Gasteiger partial charge in [-0.1, -0.05) is 30.3 Å². The standard InChI is InChI=1S/C26H18IN3O6S/c1-35-22-11-17(10-21(27)24(22)36-15-16-5-4-8-20(9-16)30(33)34)12-23-25(31)29(26(32)37-23)14-19-7-3-2-6-18(19)13-28/h2-12H,14-15H2,1H3/b23-12+. The molecule has 0 saturated carbocycles. The molecule has 0 atom stereocenters. The van der Waals surface area contributed by atoms with E-state index < -0.39 is 16.1 Å². The third-order valence-corrected chi connectivity index (χ3v) is 7.10. The normalized spacial score (nSPS) is 14.1. The van der Waals surface area contributed by atoms with Crippen LogP contribution in [0.4, 0.5) is 10.5 Å². The summed E-state index contributed by atoms with van der Waals surface area (Å²) in [5.41, 5.74) is 2.23. The predicted octanol–water partition coefficient (Wildman–Crippen LogP) is 5.90. The van der Waals surface area contributed by atoms with Crippen molar-refractivity contribution in [3.8, 4) is 17.6 Å². The molecule has 0 unspecified atom stereocenters. The van der Waals surface area contributed by atoms with Crippen LogP contribution in [0, 0.1) is 25.0 Å². The second kappa shape index (κ2) is 11.4. The Labute approximate surface area is 230 Å². The van der Waals surface area contributed by atoms with Crippen molar-refractivity contribution in [2.24, 2.45) is 0 Å². The highest BCUT2D eigenvalue weighted by molar-refractivity contribution is 14.1. The number of amides is 2. The molecule has 1 aliphatic heterocycles. The van der Waals surface area contributed by atoms with Crippen LogP contribution in [0.5, 0.6) is 11.5 Å². The number of halogens is 1. The summed E-state index contributed by atoms with van der Waals surface area (Å²) < 4.78 is 12.1. The lowest BCUT2D eigenvalue weighted by atomic mass is 10.1. The first-order valence-electron chi connectivity index (χ1n) is 10.8.